The Bertz CT molecular complexity index is 1300. The molecular weight excluding hydrogens is 516 g/mol. The van der Waals surface area contributed by atoms with Gasteiger partial charge in [-0.3, -0.25) is 9.69 Å². The van der Waals surface area contributed by atoms with E-state index < -0.39 is 10.0 Å². The number of benzene rings is 2. The maximum atomic E-state index is 13.6. The molecule has 0 aliphatic carbocycles. The van der Waals surface area contributed by atoms with Gasteiger partial charge in [-0.1, -0.05) is 37.3 Å². The van der Waals surface area contributed by atoms with Crippen LogP contribution in [0.2, 0.25) is 0 Å². The van der Waals surface area contributed by atoms with Crippen LogP contribution in [-0.4, -0.2) is 68.8 Å². The molecule has 3 aromatic rings. The van der Waals surface area contributed by atoms with Gasteiger partial charge in [0, 0.05) is 31.7 Å². The summed E-state index contributed by atoms with van der Waals surface area (Å²) in [6, 6.07) is 12.4. The summed E-state index contributed by atoms with van der Waals surface area (Å²) >= 11 is 1.49. The van der Waals surface area contributed by atoms with Gasteiger partial charge in [-0.05, 0) is 75.2 Å². The number of carbonyl (C=O) groups excluding carboxylic acids is 1. The Morgan fingerprint density at radius 1 is 1.06 bits per heavy atom. The number of amides is 1. The standard InChI is InChI=1S/C26H34N4O3S2.ClH/c1-18-15-19(2)17-29(16-18)35(32,33)22-11-9-21(10-12-22)25(31)30(14-13-28(4)5)26-27-24-20(3)7-6-8-23(24)34-26;/h6-12,18-19H,13-17H2,1-5H3;1H. The van der Waals surface area contributed by atoms with Crippen molar-refractivity contribution in [3.8, 4) is 0 Å². The lowest BCUT2D eigenvalue weighted by atomic mass is 9.94. The van der Waals surface area contributed by atoms with Crippen LogP contribution < -0.4 is 4.90 Å². The van der Waals surface area contributed by atoms with E-state index in [1.165, 1.54) is 11.3 Å². The van der Waals surface area contributed by atoms with Crippen LogP contribution in [0.15, 0.2) is 47.4 Å². The molecule has 7 nitrogen and oxygen atoms in total. The quantitative estimate of drug-likeness (QED) is 0.418. The molecule has 1 fully saturated rings. The van der Waals surface area contributed by atoms with Gasteiger partial charge in [-0.25, -0.2) is 13.4 Å². The van der Waals surface area contributed by atoms with Gasteiger partial charge >= 0.3 is 0 Å². The van der Waals surface area contributed by atoms with Crippen molar-refractivity contribution in [2.24, 2.45) is 11.8 Å². The summed E-state index contributed by atoms with van der Waals surface area (Å²) in [6.07, 6.45) is 1.04. The van der Waals surface area contributed by atoms with Gasteiger partial charge in [-0.2, -0.15) is 4.31 Å². The van der Waals surface area contributed by atoms with Gasteiger partial charge < -0.3 is 4.90 Å². The van der Waals surface area contributed by atoms with Crippen LogP contribution in [-0.2, 0) is 10.0 Å². The molecule has 1 saturated heterocycles. The van der Waals surface area contributed by atoms with Crippen molar-refractivity contribution in [2.75, 3.05) is 45.2 Å². The molecule has 2 heterocycles. The maximum absolute atomic E-state index is 13.6. The third-order valence-corrected chi connectivity index (χ3v) is 9.32. The highest BCUT2D eigenvalue weighted by Gasteiger charge is 2.32. The minimum Gasteiger partial charge on any atom is -0.308 e. The monoisotopic (exact) mass is 550 g/mol. The number of aryl methyl sites for hydroxylation is 1. The van der Waals surface area contributed by atoms with Crippen molar-refractivity contribution >= 4 is 55.0 Å². The van der Waals surface area contributed by atoms with Crippen LogP contribution in [0.3, 0.4) is 0 Å². The summed E-state index contributed by atoms with van der Waals surface area (Å²) in [4.78, 5) is 22.3. The van der Waals surface area contributed by atoms with Crippen LogP contribution in [0.5, 0.6) is 0 Å². The molecule has 2 unspecified atom stereocenters. The molecule has 36 heavy (non-hydrogen) atoms. The van der Waals surface area contributed by atoms with Gasteiger partial charge in [0.2, 0.25) is 10.0 Å². The van der Waals surface area contributed by atoms with E-state index in [4.69, 9.17) is 4.98 Å². The number of sulfonamides is 1. The normalized spacial score (nSPS) is 18.8. The number of rotatable bonds is 7. The van der Waals surface area contributed by atoms with E-state index in [9.17, 15) is 13.2 Å². The molecule has 1 aromatic heterocycles. The first-order valence-corrected chi connectivity index (χ1v) is 14.2. The minimum atomic E-state index is -3.59. The average Bonchev–Trinajstić information content (AvgIpc) is 3.24. The Balaban J connectivity index is 0.00000361. The highest BCUT2D eigenvalue weighted by Crippen LogP contribution is 2.32. The van der Waals surface area contributed by atoms with Crippen molar-refractivity contribution in [1.82, 2.24) is 14.2 Å². The second-order valence-electron chi connectivity index (χ2n) is 9.97. The summed E-state index contributed by atoms with van der Waals surface area (Å²) < 4.78 is 29.1. The Morgan fingerprint density at radius 2 is 1.69 bits per heavy atom. The molecule has 2 atom stereocenters. The van der Waals surface area contributed by atoms with E-state index in [1.807, 2.05) is 44.1 Å². The fourth-order valence-electron chi connectivity index (χ4n) is 4.65. The smallest absolute Gasteiger partial charge is 0.260 e. The molecule has 0 bridgehead atoms. The van der Waals surface area contributed by atoms with Gasteiger partial charge in [-0.15, -0.1) is 12.4 Å². The fraction of sp³-hybridized carbons (Fsp3) is 0.462. The zero-order valence-electron chi connectivity index (χ0n) is 21.5. The number of thiazole rings is 1. The van der Waals surface area contributed by atoms with Crippen molar-refractivity contribution < 1.29 is 13.2 Å². The molecule has 196 valence electrons. The number of carbonyl (C=O) groups is 1. The largest absolute Gasteiger partial charge is 0.308 e. The topological polar surface area (TPSA) is 73.8 Å². The van der Waals surface area contributed by atoms with Crippen molar-refractivity contribution in [3.63, 3.8) is 0 Å². The van der Waals surface area contributed by atoms with E-state index in [1.54, 1.807) is 33.5 Å². The van der Waals surface area contributed by atoms with E-state index in [0.717, 1.165) is 22.2 Å². The lowest BCUT2D eigenvalue weighted by molar-refractivity contribution is 0.0985. The minimum absolute atomic E-state index is 0. The van der Waals surface area contributed by atoms with Gasteiger partial charge in [0.25, 0.3) is 5.91 Å². The van der Waals surface area contributed by atoms with Crippen LogP contribution in [0.4, 0.5) is 5.13 Å². The summed E-state index contributed by atoms with van der Waals surface area (Å²) in [5.74, 6) is 0.474. The zero-order valence-corrected chi connectivity index (χ0v) is 23.9. The number of fused-ring (bicyclic) bond motifs is 1. The SMILES string of the molecule is Cc1cccc2sc(N(CCN(C)C)C(=O)c3ccc(S(=O)(=O)N4CC(C)CC(C)C4)cc3)nc12.Cl. The second kappa shape index (κ2) is 11.6. The predicted molar refractivity (Wildman–Crippen MR) is 150 cm³/mol. The van der Waals surface area contributed by atoms with Gasteiger partial charge in [0.15, 0.2) is 5.13 Å². The molecule has 10 heteroatoms. The number of nitrogens with zero attached hydrogens (tertiary/aromatic N) is 4. The number of para-hydroxylation sites is 1. The molecule has 2 aromatic carbocycles. The van der Waals surface area contributed by atoms with E-state index in [-0.39, 0.29) is 23.2 Å². The first-order valence-electron chi connectivity index (χ1n) is 12.0. The molecule has 0 spiro atoms. The fourth-order valence-corrected chi connectivity index (χ4v) is 7.40. The number of hydrogen-bond donors (Lipinski definition) is 0. The first-order chi connectivity index (χ1) is 16.6. The summed E-state index contributed by atoms with van der Waals surface area (Å²) in [7, 11) is 0.336. The molecule has 0 N–H and O–H groups in total. The number of anilines is 1. The Hall–Kier alpha value is -2.04. The van der Waals surface area contributed by atoms with Crippen molar-refractivity contribution in [3.05, 3.63) is 53.6 Å². The summed E-state index contributed by atoms with van der Waals surface area (Å²) in [5, 5.41) is 0.647. The average molecular weight is 551 g/mol. The second-order valence-corrected chi connectivity index (χ2v) is 12.9. The van der Waals surface area contributed by atoms with E-state index in [0.29, 0.717) is 48.7 Å². The van der Waals surface area contributed by atoms with Crippen LogP contribution in [0.1, 0.15) is 36.2 Å². The Morgan fingerprint density at radius 3 is 2.28 bits per heavy atom. The molecular formula is C26H35ClN4O3S2. The Kier molecular flexibility index (Phi) is 9.16. The lowest BCUT2D eigenvalue weighted by Gasteiger charge is -2.34. The van der Waals surface area contributed by atoms with Crippen LogP contribution >= 0.6 is 23.7 Å². The van der Waals surface area contributed by atoms with E-state index in [2.05, 4.69) is 13.8 Å². The molecule has 0 saturated carbocycles. The van der Waals surface area contributed by atoms with Gasteiger partial charge in [0.1, 0.15) is 0 Å². The number of hydrogen-bond acceptors (Lipinski definition) is 6. The number of aromatic nitrogens is 1. The molecule has 1 amide bonds. The number of halogens is 1. The Labute approximate surface area is 224 Å². The third-order valence-electron chi connectivity index (χ3n) is 6.43. The van der Waals surface area contributed by atoms with E-state index >= 15 is 0 Å². The summed E-state index contributed by atoms with van der Waals surface area (Å²) in [6.45, 7) is 8.41. The van der Waals surface area contributed by atoms with Crippen molar-refractivity contribution in [1.29, 1.82) is 0 Å². The van der Waals surface area contributed by atoms with Gasteiger partial charge in [0.05, 0.1) is 15.1 Å². The molecule has 4 rings (SSSR count). The first kappa shape index (κ1) is 28.5. The molecule has 1 aliphatic heterocycles. The summed E-state index contributed by atoms with van der Waals surface area (Å²) in [5.41, 5.74) is 2.42. The number of likely N-dealkylation sites (N-methyl/N-ethyl adjacent to an activating group) is 1. The molecule has 0 radical (unpaired) electrons. The zero-order chi connectivity index (χ0) is 25.3. The lowest BCUT2D eigenvalue weighted by Crippen LogP contribution is -2.42. The maximum Gasteiger partial charge on any atom is 0.260 e. The predicted octanol–water partition coefficient (Wildman–Crippen LogP) is 4.90. The molecule has 1 aliphatic rings. The highest BCUT2D eigenvalue weighted by atomic mass is 35.5. The number of piperidine rings is 1. The third kappa shape index (κ3) is 6.08. The highest BCUT2D eigenvalue weighted by molar-refractivity contribution is 7.89. The van der Waals surface area contributed by atoms with Crippen LogP contribution in [0.25, 0.3) is 10.2 Å². The van der Waals surface area contributed by atoms with Crippen LogP contribution in [0, 0.1) is 18.8 Å². The van der Waals surface area contributed by atoms with Crippen molar-refractivity contribution in [2.45, 2.75) is 32.1 Å².